The molecule has 0 aliphatic heterocycles. The van der Waals surface area contributed by atoms with E-state index in [0.717, 1.165) is 12.5 Å². The second-order valence-electron chi connectivity index (χ2n) is 4.80. The highest BCUT2D eigenvalue weighted by atomic mass is 19.1. The molecule has 1 rings (SSSR count). The Bertz CT molecular complexity index is 508. The van der Waals surface area contributed by atoms with Gasteiger partial charge < -0.3 is 16.4 Å². The molecule has 1 aromatic carbocycles. The number of nitrogen functional groups attached to an aromatic ring is 1. The van der Waals surface area contributed by atoms with E-state index in [1.807, 2.05) is 6.92 Å². The van der Waals surface area contributed by atoms with Gasteiger partial charge in [-0.2, -0.15) is 0 Å². The standard InChI is InChI=1S/C14H21FN4O2/c1-3-6-17-13(20)8-19(2)9-14(21)18-12-7-10(15)4-5-11(12)16/h4-5,7H,3,6,8-9,16H2,1-2H3,(H,17,20)(H,18,21). The Kier molecular flexibility index (Phi) is 6.61. The molecule has 6 nitrogen and oxygen atoms in total. The maximum absolute atomic E-state index is 13.1. The normalized spacial score (nSPS) is 10.5. The van der Waals surface area contributed by atoms with Crippen LogP contribution < -0.4 is 16.4 Å². The minimum atomic E-state index is -0.480. The van der Waals surface area contributed by atoms with Crippen molar-refractivity contribution in [2.45, 2.75) is 13.3 Å². The number of hydrogen-bond acceptors (Lipinski definition) is 4. The molecule has 0 unspecified atom stereocenters. The Labute approximate surface area is 123 Å². The summed E-state index contributed by atoms with van der Waals surface area (Å²) in [7, 11) is 1.65. The minimum Gasteiger partial charge on any atom is -0.397 e. The molecule has 0 aliphatic carbocycles. The maximum atomic E-state index is 13.1. The summed E-state index contributed by atoms with van der Waals surface area (Å²) in [5.41, 5.74) is 6.16. The van der Waals surface area contributed by atoms with Crippen LogP contribution in [0.4, 0.5) is 15.8 Å². The van der Waals surface area contributed by atoms with E-state index in [4.69, 9.17) is 5.73 Å². The van der Waals surface area contributed by atoms with Crippen molar-refractivity contribution in [2.24, 2.45) is 0 Å². The fraction of sp³-hybridized carbons (Fsp3) is 0.429. The van der Waals surface area contributed by atoms with E-state index < -0.39 is 5.82 Å². The van der Waals surface area contributed by atoms with Gasteiger partial charge in [0, 0.05) is 6.54 Å². The Hall–Kier alpha value is -2.15. The highest BCUT2D eigenvalue weighted by molar-refractivity contribution is 5.95. The van der Waals surface area contributed by atoms with E-state index in [1.54, 1.807) is 11.9 Å². The van der Waals surface area contributed by atoms with Gasteiger partial charge in [0.1, 0.15) is 5.82 Å². The maximum Gasteiger partial charge on any atom is 0.238 e. The van der Waals surface area contributed by atoms with Crippen LogP contribution in [0.25, 0.3) is 0 Å². The monoisotopic (exact) mass is 296 g/mol. The summed E-state index contributed by atoms with van der Waals surface area (Å²) >= 11 is 0. The Morgan fingerprint density at radius 2 is 1.95 bits per heavy atom. The Morgan fingerprint density at radius 3 is 2.62 bits per heavy atom. The van der Waals surface area contributed by atoms with Crippen LogP contribution in [-0.2, 0) is 9.59 Å². The molecule has 2 amide bonds. The van der Waals surface area contributed by atoms with Crippen molar-refractivity contribution in [1.82, 2.24) is 10.2 Å². The van der Waals surface area contributed by atoms with Crippen molar-refractivity contribution in [2.75, 3.05) is 37.7 Å². The zero-order chi connectivity index (χ0) is 15.8. The van der Waals surface area contributed by atoms with E-state index >= 15 is 0 Å². The van der Waals surface area contributed by atoms with Crippen LogP contribution in [0.3, 0.4) is 0 Å². The number of nitrogens with two attached hydrogens (primary N) is 1. The SMILES string of the molecule is CCCNC(=O)CN(C)CC(=O)Nc1cc(F)ccc1N. The third-order valence-corrected chi connectivity index (χ3v) is 2.69. The number of hydrogen-bond donors (Lipinski definition) is 3. The zero-order valence-corrected chi connectivity index (χ0v) is 12.3. The number of carbonyl (C=O) groups excluding carboxylic acids is 2. The van der Waals surface area contributed by atoms with Crippen molar-refractivity contribution in [1.29, 1.82) is 0 Å². The molecule has 0 saturated carbocycles. The molecule has 0 aromatic heterocycles. The van der Waals surface area contributed by atoms with Crippen LogP contribution in [0.1, 0.15) is 13.3 Å². The topological polar surface area (TPSA) is 87.5 Å². The van der Waals surface area contributed by atoms with Gasteiger partial charge in [0.05, 0.1) is 24.5 Å². The van der Waals surface area contributed by atoms with E-state index in [1.165, 1.54) is 12.1 Å². The molecular weight excluding hydrogens is 275 g/mol. The van der Waals surface area contributed by atoms with E-state index in [0.29, 0.717) is 6.54 Å². The number of halogens is 1. The van der Waals surface area contributed by atoms with E-state index in [2.05, 4.69) is 10.6 Å². The number of rotatable bonds is 7. The zero-order valence-electron chi connectivity index (χ0n) is 12.3. The quantitative estimate of drug-likeness (QED) is 0.650. The van der Waals surface area contributed by atoms with Gasteiger partial charge in [-0.25, -0.2) is 4.39 Å². The lowest BCUT2D eigenvalue weighted by Gasteiger charge is -2.16. The fourth-order valence-corrected chi connectivity index (χ4v) is 1.69. The highest BCUT2D eigenvalue weighted by Gasteiger charge is 2.12. The highest BCUT2D eigenvalue weighted by Crippen LogP contribution is 2.18. The molecule has 0 heterocycles. The molecule has 0 fully saturated rings. The van der Waals surface area contributed by atoms with Gasteiger partial charge >= 0.3 is 0 Å². The van der Waals surface area contributed by atoms with Crippen LogP contribution in [0.5, 0.6) is 0 Å². The first-order valence-electron chi connectivity index (χ1n) is 6.72. The first-order valence-corrected chi connectivity index (χ1v) is 6.72. The summed E-state index contributed by atoms with van der Waals surface area (Å²) in [6.07, 6.45) is 0.856. The lowest BCUT2D eigenvalue weighted by molar-refractivity contribution is -0.122. The van der Waals surface area contributed by atoms with Crippen LogP contribution in [0.15, 0.2) is 18.2 Å². The number of amides is 2. The lowest BCUT2D eigenvalue weighted by Crippen LogP contribution is -2.39. The molecule has 0 aliphatic rings. The van der Waals surface area contributed by atoms with E-state index in [9.17, 15) is 14.0 Å². The number of anilines is 2. The summed E-state index contributed by atoms with van der Waals surface area (Å²) in [4.78, 5) is 24.9. The van der Waals surface area contributed by atoms with Gasteiger partial charge in [0.2, 0.25) is 11.8 Å². The van der Waals surface area contributed by atoms with Crippen molar-refractivity contribution in [3.05, 3.63) is 24.0 Å². The fourth-order valence-electron chi connectivity index (χ4n) is 1.69. The van der Waals surface area contributed by atoms with Crippen LogP contribution in [0.2, 0.25) is 0 Å². The number of nitrogens with one attached hydrogen (secondary N) is 2. The second kappa shape index (κ2) is 8.21. The van der Waals surface area contributed by atoms with Gasteiger partial charge in [-0.3, -0.25) is 14.5 Å². The molecule has 0 saturated heterocycles. The third kappa shape index (κ3) is 6.22. The van der Waals surface area contributed by atoms with Crippen LogP contribution >= 0.6 is 0 Å². The summed E-state index contributed by atoms with van der Waals surface area (Å²) in [6.45, 7) is 2.70. The summed E-state index contributed by atoms with van der Waals surface area (Å²) in [6, 6.07) is 3.75. The largest absolute Gasteiger partial charge is 0.397 e. The van der Waals surface area contributed by atoms with Crippen LogP contribution in [-0.4, -0.2) is 43.4 Å². The minimum absolute atomic E-state index is 0.00942. The average molecular weight is 296 g/mol. The Morgan fingerprint density at radius 1 is 1.29 bits per heavy atom. The molecule has 1 aromatic rings. The Balaban J connectivity index is 2.46. The van der Waals surface area contributed by atoms with Gasteiger partial charge in [0.15, 0.2) is 0 Å². The molecule has 0 bridgehead atoms. The molecule has 4 N–H and O–H groups in total. The third-order valence-electron chi connectivity index (χ3n) is 2.69. The molecular formula is C14H21FN4O2. The molecule has 21 heavy (non-hydrogen) atoms. The molecule has 0 radical (unpaired) electrons. The number of nitrogens with zero attached hydrogens (tertiary/aromatic N) is 1. The van der Waals surface area contributed by atoms with Crippen molar-refractivity contribution in [3.8, 4) is 0 Å². The average Bonchev–Trinajstić information content (AvgIpc) is 2.40. The predicted octanol–water partition coefficient (Wildman–Crippen LogP) is 0.804. The van der Waals surface area contributed by atoms with Crippen molar-refractivity contribution >= 4 is 23.2 Å². The van der Waals surface area contributed by atoms with Gasteiger partial charge in [0.25, 0.3) is 0 Å². The predicted molar refractivity (Wildman–Crippen MR) is 80.2 cm³/mol. The van der Waals surface area contributed by atoms with Crippen molar-refractivity contribution < 1.29 is 14.0 Å². The molecule has 0 spiro atoms. The second-order valence-corrected chi connectivity index (χ2v) is 4.80. The lowest BCUT2D eigenvalue weighted by atomic mass is 10.2. The van der Waals surface area contributed by atoms with Gasteiger partial charge in [-0.1, -0.05) is 6.92 Å². The van der Waals surface area contributed by atoms with Crippen LogP contribution in [0, 0.1) is 5.82 Å². The summed E-state index contributed by atoms with van der Waals surface area (Å²) in [5.74, 6) is -0.984. The molecule has 116 valence electrons. The molecule has 7 heteroatoms. The number of carbonyl (C=O) groups is 2. The van der Waals surface area contributed by atoms with E-state index in [-0.39, 0.29) is 36.3 Å². The van der Waals surface area contributed by atoms with Gasteiger partial charge in [-0.15, -0.1) is 0 Å². The first kappa shape index (κ1) is 16.9. The summed E-state index contributed by atoms with van der Waals surface area (Å²) in [5, 5.41) is 5.24. The summed E-state index contributed by atoms with van der Waals surface area (Å²) < 4.78 is 13.1. The van der Waals surface area contributed by atoms with Crippen molar-refractivity contribution in [3.63, 3.8) is 0 Å². The smallest absolute Gasteiger partial charge is 0.238 e. The number of benzene rings is 1. The molecule has 0 atom stereocenters. The first-order chi connectivity index (χ1) is 9.92. The van der Waals surface area contributed by atoms with Gasteiger partial charge in [-0.05, 0) is 31.7 Å². The number of likely N-dealkylation sites (N-methyl/N-ethyl adjacent to an activating group) is 1.